The van der Waals surface area contributed by atoms with Crippen molar-refractivity contribution in [3.8, 4) is 0 Å². The third-order valence-corrected chi connectivity index (χ3v) is 3.25. The summed E-state index contributed by atoms with van der Waals surface area (Å²) in [6.07, 6.45) is 1.68. The number of aliphatic hydroxyl groups excluding tert-OH is 1. The molecule has 2 N–H and O–H groups in total. The summed E-state index contributed by atoms with van der Waals surface area (Å²) in [5, 5.41) is 11.8. The number of rotatable bonds is 2. The molecule has 2 aromatic carbocycles. The Labute approximate surface area is 111 Å². The molecular weight excluding hydrogens is 238 g/mol. The van der Waals surface area contributed by atoms with E-state index in [1.807, 2.05) is 36.4 Å². The highest BCUT2D eigenvalue weighted by Crippen LogP contribution is 2.32. The van der Waals surface area contributed by atoms with Gasteiger partial charge in [0.2, 0.25) is 0 Å². The number of nitrogens with one attached hydrogen (secondary N) is 1. The van der Waals surface area contributed by atoms with Crippen LogP contribution in [0.3, 0.4) is 0 Å². The van der Waals surface area contributed by atoms with Crippen molar-refractivity contribution in [3.05, 3.63) is 71.5 Å². The number of carbonyl (C=O) groups excluding carboxylic acids is 1. The fourth-order valence-electron chi connectivity index (χ4n) is 2.31. The SMILES string of the molecule is O=C1Nc2cc(Cc3ccccc3)ccc2C1=CO. The molecule has 2 aromatic rings. The summed E-state index contributed by atoms with van der Waals surface area (Å²) in [6.45, 7) is 0. The van der Waals surface area contributed by atoms with E-state index in [1.165, 1.54) is 5.56 Å². The van der Waals surface area contributed by atoms with Crippen LogP contribution in [0.5, 0.6) is 0 Å². The van der Waals surface area contributed by atoms with Gasteiger partial charge in [0.1, 0.15) is 0 Å². The first-order chi connectivity index (χ1) is 9.28. The van der Waals surface area contributed by atoms with E-state index in [-0.39, 0.29) is 5.91 Å². The van der Waals surface area contributed by atoms with Crippen LogP contribution in [0.2, 0.25) is 0 Å². The minimum Gasteiger partial charge on any atom is -0.515 e. The molecule has 0 radical (unpaired) electrons. The van der Waals surface area contributed by atoms with Crippen molar-refractivity contribution in [1.29, 1.82) is 0 Å². The predicted octanol–water partition coefficient (Wildman–Crippen LogP) is 3.13. The van der Waals surface area contributed by atoms with E-state index >= 15 is 0 Å². The van der Waals surface area contributed by atoms with Crippen LogP contribution < -0.4 is 5.32 Å². The van der Waals surface area contributed by atoms with Crippen molar-refractivity contribution in [1.82, 2.24) is 0 Å². The van der Waals surface area contributed by atoms with Gasteiger partial charge in [-0.15, -0.1) is 0 Å². The second kappa shape index (κ2) is 4.61. The maximum absolute atomic E-state index is 11.6. The van der Waals surface area contributed by atoms with E-state index < -0.39 is 0 Å². The zero-order chi connectivity index (χ0) is 13.2. The Morgan fingerprint density at radius 2 is 1.84 bits per heavy atom. The van der Waals surface area contributed by atoms with Crippen LogP contribution in [-0.2, 0) is 11.2 Å². The zero-order valence-electron chi connectivity index (χ0n) is 10.3. The molecule has 0 bridgehead atoms. The largest absolute Gasteiger partial charge is 0.515 e. The van der Waals surface area contributed by atoms with E-state index in [2.05, 4.69) is 17.4 Å². The molecule has 19 heavy (non-hydrogen) atoms. The molecule has 0 fully saturated rings. The highest BCUT2D eigenvalue weighted by Gasteiger charge is 2.24. The zero-order valence-corrected chi connectivity index (χ0v) is 10.3. The Balaban J connectivity index is 1.92. The molecule has 1 aliphatic rings. The van der Waals surface area contributed by atoms with Crippen molar-refractivity contribution >= 4 is 17.2 Å². The lowest BCUT2D eigenvalue weighted by molar-refractivity contribution is -0.110. The Morgan fingerprint density at radius 3 is 2.58 bits per heavy atom. The van der Waals surface area contributed by atoms with Crippen LogP contribution in [0, 0.1) is 0 Å². The highest BCUT2D eigenvalue weighted by atomic mass is 16.2. The van der Waals surface area contributed by atoms with Crippen LogP contribution in [-0.4, -0.2) is 11.0 Å². The van der Waals surface area contributed by atoms with E-state index in [4.69, 9.17) is 5.11 Å². The summed E-state index contributed by atoms with van der Waals surface area (Å²) >= 11 is 0. The highest BCUT2D eigenvalue weighted by molar-refractivity contribution is 6.31. The number of amides is 1. The standard InChI is InChI=1S/C16H13NO2/c18-10-14-13-7-6-12(9-15(13)17-16(14)19)8-11-4-2-1-3-5-11/h1-7,9-10,18H,8H2,(H,17,19). The van der Waals surface area contributed by atoms with Gasteiger partial charge in [0.15, 0.2) is 0 Å². The van der Waals surface area contributed by atoms with Crippen molar-refractivity contribution in [2.24, 2.45) is 0 Å². The Hall–Kier alpha value is -2.55. The number of aliphatic hydroxyl groups is 1. The molecule has 0 saturated carbocycles. The minimum atomic E-state index is -0.255. The average molecular weight is 251 g/mol. The smallest absolute Gasteiger partial charge is 0.259 e. The fourth-order valence-corrected chi connectivity index (χ4v) is 2.31. The van der Waals surface area contributed by atoms with E-state index in [0.29, 0.717) is 5.57 Å². The molecule has 0 unspecified atom stereocenters. The van der Waals surface area contributed by atoms with Gasteiger partial charge in [-0.25, -0.2) is 0 Å². The van der Waals surface area contributed by atoms with Crippen LogP contribution in [0.1, 0.15) is 16.7 Å². The van der Waals surface area contributed by atoms with Crippen molar-refractivity contribution in [2.75, 3.05) is 5.32 Å². The predicted molar refractivity (Wildman–Crippen MR) is 74.9 cm³/mol. The summed E-state index contributed by atoms with van der Waals surface area (Å²) in [6, 6.07) is 16.0. The third-order valence-electron chi connectivity index (χ3n) is 3.25. The van der Waals surface area contributed by atoms with Crippen molar-refractivity contribution in [2.45, 2.75) is 6.42 Å². The first-order valence-corrected chi connectivity index (χ1v) is 6.11. The van der Waals surface area contributed by atoms with E-state index in [1.54, 1.807) is 0 Å². The van der Waals surface area contributed by atoms with Gasteiger partial charge in [0, 0.05) is 11.3 Å². The summed E-state index contributed by atoms with van der Waals surface area (Å²) < 4.78 is 0. The van der Waals surface area contributed by atoms with Crippen molar-refractivity contribution in [3.63, 3.8) is 0 Å². The lowest BCUT2D eigenvalue weighted by atomic mass is 10.0. The Bertz CT molecular complexity index is 660. The second-order valence-electron chi connectivity index (χ2n) is 4.54. The fraction of sp³-hybridized carbons (Fsp3) is 0.0625. The maximum atomic E-state index is 11.6. The van der Waals surface area contributed by atoms with Gasteiger partial charge in [-0.2, -0.15) is 0 Å². The molecule has 1 aliphatic heterocycles. The minimum absolute atomic E-state index is 0.255. The van der Waals surface area contributed by atoms with Crippen LogP contribution in [0.4, 0.5) is 5.69 Å². The summed E-state index contributed by atoms with van der Waals surface area (Å²) in [5.41, 5.74) is 4.19. The summed E-state index contributed by atoms with van der Waals surface area (Å²) in [5.74, 6) is -0.255. The van der Waals surface area contributed by atoms with Gasteiger partial charge in [0.05, 0.1) is 11.8 Å². The number of anilines is 1. The molecule has 0 atom stereocenters. The molecule has 1 amide bonds. The van der Waals surface area contributed by atoms with Gasteiger partial charge in [-0.05, 0) is 23.6 Å². The van der Waals surface area contributed by atoms with E-state index in [9.17, 15) is 4.79 Å². The number of fused-ring (bicyclic) bond motifs is 1. The normalized spacial score (nSPS) is 15.4. The molecule has 0 saturated heterocycles. The first-order valence-electron chi connectivity index (χ1n) is 6.11. The van der Waals surface area contributed by atoms with Crippen LogP contribution in [0.25, 0.3) is 5.57 Å². The molecule has 3 rings (SSSR count). The van der Waals surface area contributed by atoms with Gasteiger partial charge >= 0.3 is 0 Å². The number of hydrogen-bond donors (Lipinski definition) is 2. The van der Waals surface area contributed by atoms with Gasteiger partial charge in [-0.1, -0.05) is 42.5 Å². The van der Waals surface area contributed by atoms with Gasteiger partial charge < -0.3 is 10.4 Å². The first kappa shape index (κ1) is 11.5. The molecule has 1 heterocycles. The number of carbonyl (C=O) groups is 1. The van der Waals surface area contributed by atoms with Gasteiger partial charge in [0.25, 0.3) is 5.91 Å². The van der Waals surface area contributed by atoms with E-state index in [0.717, 1.165) is 29.5 Å². The molecule has 0 aromatic heterocycles. The lowest BCUT2D eigenvalue weighted by Crippen LogP contribution is -2.03. The average Bonchev–Trinajstić information content (AvgIpc) is 2.74. The molecule has 94 valence electrons. The van der Waals surface area contributed by atoms with Gasteiger partial charge in [-0.3, -0.25) is 4.79 Å². The maximum Gasteiger partial charge on any atom is 0.259 e. The number of hydrogen-bond acceptors (Lipinski definition) is 2. The summed E-state index contributed by atoms with van der Waals surface area (Å²) in [7, 11) is 0. The quantitative estimate of drug-likeness (QED) is 0.636. The second-order valence-corrected chi connectivity index (χ2v) is 4.54. The number of benzene rings is 2. The topological polar surface area (TPSA) is 49.3 Å². The third kappa shape index (κ3) is 2.10. The molecular formula is C16H13NO2. The molecule has 0 spiro atoms. The Kier molecular flexibility index (Phi) is 2.80. The van der Waals surface area contributed by atoms with Crippen LogP contribution in [0.15, 0.2) is 54.8 Å². The lowest BCUT2D eigenvalue weighted by Gasteiger charge is -2.04. The van der Waals surface area contributed by atoms with Crippen LogP contribution >= 0.6 is 0 Å². The monoisotopic (exact) mass is 251 g/mol. The molecule has 3 heteroatoms. The van der Waals surface area contributed by atoms with Crippen molar-refractivity contribution < 1.29 is 9.90 Å². The molecule has 3 nitrogen and oxygen atoms in total. The Morgan fingerprint density at radius 1 is 1.05 bits per heavy atom. The molecule has 0 aliphatic carbocycles. The summed E-state index contributed by atoms with van der Waals surface area (Å²) in [4.78, 5) is 11.6.